The van der Waals surface area contributed by atoms with Gasteiger partial charge in [-0.2, -0.15) is 0 Å². The minimum Gasteiger partial charge on any atom is -0.395 e. The predicted octanol–water partition coefficient (Wildman–Crippen LogP) is 2.61. The van der Waals surface area contributed by atoms with Crippen molar-refractivity contribution in [3.05, 3.63) is 48.5 Å². The van der Waals surface area contributed by atoms with E-state index in [1.54, 1.807) is 17.0 Å². The molecule has 6 heteroatoms. The Morgan fingerprint density at radius 3 is 2.73 bits per heavy atom. The van der Waals surface area contributed by atoms with E-state index in [1.807, 2.05) is 29.1 Å². The summed E-state index contributed by atoms with van der Waals surface area (Å²) in [6.07, 6.45) is 5.56. The number of amides is 2. The first kappa shape index (κ1) is 14.6. The van der Waals surface area contributed by atoms with Crippen molar-refractivity contribution in [1.82, 2.24) is 9.47 Å². The lowest BCUT2D eigenvalue weighted by atomic mass is 10.2. The van der Waals surface area contributed by atoms with Crippen molar-refractivity contribution in [1.29, 1.82) is 0 Å². The molecule has 5 nitrogen and oxygen atoms in total. The zero-order valence-electron chi connectivity index (χ0n) is 12.1. The molecule has 3 rings (SSSR count). The SMILES string of the molecule is O=C(Nc1cc(-n2cccc2)ccc1F)N(CCO)C1CC1. The van der Waals surface area contributed by atoms with Gasteiger partial charge in [-0.1, -0.05) is 0 Å². The van der Waals surface area contributed by atoms with Gasteiger partial charge in [0, 0.05) is 30.7 Å². The molecule has 0 unspecified atom stereocenters. The Morgan fingerprint density at radius 2 is 2.09 bits per heavy atom. The molecule has 0 atom stereocenters. The first-order valence-corrected chi connectivity index (χ1v) is 7.30. The standard InChI is InChI=1S/C16H18FN3O2/c17-14-6-5-13(19-7-1-2-8-19)11-15(14)18-16(22)20(9-10-21)12-3-4-12/h1-2,5-8,11-12,21H,3-4,9-10H2,(H,18,22). The second-order valence-electron chi connectivity index (χ2n) is 5.33. The maximum absolute atomic E-state index is 13.9. The largest absolute Gasteiger partial charge is 0.395 e. The molecule has 2 N–H and O–H groups in total. The molecule has 116 valence electrons. The summed E-state index contributed by atoms with van der Waals surface area (Å²) >= 11 is 0. The van der Waals surface area contributed by atoms with Crippen LogP contribution in [0.2, 0.25) is 0 Å². The number of aliphatic hydroxyl groups excluding tert-OH is 1. The van der Waals surface area contributed by atoms with Gasteiger partial charge in [0.2, 0.25) is 0 Å². The van der Waals surface area contributed by atoms with Crippen LogP contribution in [0.15, 0.2) is 42.7 Å². The predicted molar refractivity (Wildman–Crippen MR) is 81.6 cm³/mol. The third kappa shape index (κ3) is 3.12. The van der Waals surface area contributed by atoms with E-state index in [0.29, 0.717) is 0 Å². The van der Waals surface area contributed by atoms with Gasteiger partial charge in [-0.05, 0) is 43.2 Å². The number of nitrogens with one attached hydrogen (secondary N) is 1. The number of rotatable bonds is 5. The summed E-state index contributed by atoms with van der Waals surface area (Å²) in [6, 6.07) is 8.10. The van der Waals surface area contributed by atoms with Gasteiger partial charge in [0.1, 0.15) is 5.82 Å². The molecular weight excluding hydrogens is 285 g/mol. The van der Waals surface area contributed by atoms with Crippen LogP contribution in [0.1, 0.15) is 12.8 Å². The number of aliphatic hydroxyl groups is 1. The van der Waals surface area contributed by atoms with Crippen molar-refractivity contribution >= 4 is 11.7 Å². The molecule has 1 aliphatic carbocycles. The van der Waals surface area contributed by atoms with E-state index in [2.05, 4.69) is 5.32 Å². The van der Waals surface area contributed by atoms with E-state index in [4.69, 9.17) is 5.11 Å². The molecule has 0 aliphatic heterocycles. The van der Waals surface area contributed by atoms with Crippen LogP contribution in [0, 0.1) is 5.82 Å². The van der Waals surface area contributed by atoms with Crippen LogP contribution in [0.4, 0.5) is 14.9 Å². The second-order valence-corrected chi connectivity index (χ2v) is 5.33. The highest BCUT2D eigenvalue weighted by molar-refractivity contribution is 5.90. The third-order valence-corrected chi connectivity index (χ3v) is 3.68. The highest BCUT2D eigenvalue weighted by Crippen LogP contribution is 2.28. The first-order chi connectivity index (χ1) is 10.7. The van der Waals surface area contributed by atoms with Gasteiger partial charge in [-0.25, -0.2) is 9.18 Å². The van der Waals surface area contributed by atoms with Gasteiger partial charge >= 0.3 is 6.03 Å². The van der Waals surface area contributed by atoms with Crippen molar-refractivity contribution in [3.63, 3.8) is 0 Å². The molecular formula is C16H18FN3O2. The van der Waals surface area contributed by atoms with Crippen LogP contribution >= 0.6 is 0 Å². The molecule has 0 saturated heterocycles. The fourth-order valence-corrected chi connectivity index (χ4v) is 2.41. The van der Waals surface area contributed by atoms with Gasteiger partial charge in [0.05, 0.1) is 12.3 Å². The number of aromatic nitrogens is 1. The van der Waals surface area contributed by atoms with E-state index in [1.165, 1.54) is 6.07 Å². The van der Waals surface area contributed by atoms with Gasteiger partial charge in [-0.3, -0.25) is 0 Å². The minimum absolute atomic E-state index is 0.101. The van der Waals surface area contributed by atoms with E-state index in [0.717, 1.165) is 18.5 Å². The van der Waals surface area contributed by atoms with Crippen molar-refractivity contribution in [2.24, 2.45) is 0 Å². The van der Waals surface area contributed by atoms with E-state index in [9.17, 15) is 9.18 Å². The number of anilines is 1. The summed E-state index contributed by atoms with van der Waals surface area (Å²) in [5, 5.41) is 11.7. The normalized spacial score (nSPS) is 13.9. The molecule has 2 aromatic rings. The fourth-order valence-electron chi connectivity index (χ4n) is 2.41. The average Bonchev–Trinajstić information content (AvgIpc) is 3.20. The Bertz CT molecular complexity index is 653. The number of hydrogen-bond donors (Lipinski definition) is 2. The van der Waals surface area contributed by atoms with Crippen molar-refractivity contribution in [3.8, 4) is 5.69 Å². The van der Waals surface area contributed by atoms with Gasteiger partial charge in [-0.15, -0.1) is 0 Å². The summed E-state index contributed by atoms with van der Waals surface area (Å²) in [7, 11) is 0. The molecule has 0 bridgehead atoms. The quantitative estimate of drug-likeness (QED) is 0.892. The van der Waals surface area contributed by atoms with Gasteiger partial charge in [0.25, 0.3) is 0 Å². The molecule has 1 aromatic heterocycles. The number of carbonyl (C=O) groups is 1. The zero-order valence-corrected chi connectivity index (χ0v) is 12.1. The highest BCUT2D eigenvalue weighted by atomic mass is 19.1. The van der Waals surface area contributed by atoms with Gasteiger partial charge in [0.15, 0.2) is 0 Å². The smallest absolute Gasteiger partial charge is 0.322 e. The van der Waals surface area contributed by atoms with Crippen LogP contribution in [-0.2, 0) is 0 Å². The molecule has 1 aliphatic rings. The Hall–Kier alpha value is -2.34. The monoisotopic (exact) mass is 303 g/mol. The van der Waals surface area contributed by atoms with Crippen molar-refractivity contribution < 1.29 is 14.3 Å². The molecule has 1 heterocycles. The van der Waals surface area contributed by atoms with Crippen LogP contribution < -0.4 is 5.32 Å². The molecule has 1 saturated carbocycles. The maximum Gasteiger partial charge on any atom is 0.322 e. The topological polar surface area (TPSA) is 57.5 Å². The summed E-state index contributed by atoms with van der Waals surface area (Å²) in [4.78, 5) is 13.8. The lowest BCUT2D eigenvalue weighted by molar-refractivity contribution is 0.185. The van der Waals surface area contributed by atoms with Crippen LogP contribution in [-0.4, -0.2) is 39.8 Å². The van der Waals surface area contributed by atoms with Crippen molar-refractivity contribution in [2.45, 2.75) is 18.9 Å². The maximum atomic E-state index is 13.9. The third-order valence-electron chi connectivity index (χ3n) is 3.68. The number of carbonyl (C=O) groups excluding carboxylic acids is 1. The lowest BCUT2D eigenvalue weighted by Crippen LogP contribution is -2.38. The number of benzene rings is 1. The van der Waals surface area contributed by atoms with E-state index < -0.39 is 5.82 Å². The number of urea groups is 1. The molecule has 0 radical (unpaired) electrons. The number of halogens is 1. The van der Waals surface area contributed by atoms with E-state index >= 15 is 0 Å². The molecule has 0 spiro atoms. The van der Waals surface area contributed by atoms with Crippen molar-refractivity contribution in [2.75, 3.05) is 18.5 Å². The lowest BCUT2D eigenvalue weighted by Gasteiger charge is -2.22. The highest BCUT2D eigenvalue weighted by Gasteiger charge is 2.32. The fraction of sp³-hybridized carbons (Fsp3) is 0.312. The first-order valence-electron chi connectivity index (χ1n) is 7.30. The number of hydrogen-bond acceptors (Lipinski definition) is 2. The summed E-state index contributed by atoms with van der Waals surface area (Å²) in [5.41, 5.74) is 0.904. The van der Waals surface area contributed by atoms with Gasteiger partial charge < -0.3 is 19.9 Å². The Labute approximate surface area is 128 Å². The number of nitrogens with zero attached hydrogens (tertiary/aromatic N) is 2. The molecule has 22 heavy (non-hydrogen) atoms. The Kier molecular flexibility index (Phi) is 4.11. The summed E-state index contributed by atoms with van der Waals surface area (Å²) < 4.78 is 15.8. The van der Waals surface area contributed by atoms with Crippen LogP contribution in [0.25, 0.3) is 5.69 Å². The molecule has 1 aromatic carbocycles. The Balaban J connectivity index is 1.79. The summed E-state index contributed by atoms with van der Waals surface area (Å²) in [6.45, 7) is 0.158. The second kappa shape index (κ2) is 6.19. The molecule has 1 fully saturated rings. The van der Waals surface area contributed by atoms with E-state index in [-0.39, 0.29) is 30.9 Å². The van der Waals surface area contributed by atoms with Crippen LogP contribution in [0.5, 0.6) is 0 Å². The zero-order chi connectivity index (χ0) is 15.5. The Morgan fingerprint density at radius 1 is 1.36 bits per heavy atom. The molecule has 2 amide bonds. The minimum atomic E-state index is -0.482. The van der Waals surface area contributed by atoms with Crippen LogP contribution in [0.3, 0.4) is 0 Å². The average molecular weight is 303 g/mol. The summed E-state index contributed by atoms with van der Waals surface area (Å²) in [5.74, 6) is -0.482.